The molecule has 0 saturated heterocycles. The molecular weight excluding hydrogens is 487 g/mol. The maximum atomic E-state index is 12.8. The smallest absolute Gasteiger partial charge is 0.318 e. The normalized spacial score (nSPS) is 15.3. The molecule has 1 aromatic heterocycles. The average Bonchev–Trinajstić information content (AvgIpc) is 3.19. The third-order valence-corrected chi connectivity index (χ3v) is 7.05. The van der Waals surface area contributed by atoms with E-state index in [0.717, 1.165) is 44.1 Å². The van der Waals surface area contributed by atoms with Crippen LogP contribution in [-0.2, 0) is 13.1 Å². The van der Waals surface area contributed by atoms with E-state index in [0.29, 0.717) is 52.4 Å². The molecule has 4 rings (SSSR count). The molecule has 35 heavy (non-hydrogen) atoms. The van der Waals surface area contributed by atoms with Crippen LogP contribution in [0.1, 0.15) is 63.6 Å². The Balaban J connectivity index is 1.55. The minimum absolute atomic E-state index is 0.107. The van der Waals surface area contributed by atoms with Crippen LogP contribution in [0.15, 0.2) is 12.1 Å². The summed E-state index contributed by atoms with van der Waals surface area (Å²) >= 11 is 12.9. The van der Waals surface area contributed by atoms with Gasteiger partial charge in [0.25, 0.3) is 0 Å². The monoisotopic (exact) mass is 516 g/mol. The lowest BCUT2D eigenvalue weighted by molar-refractivity contribution is 0.186. The van der Waals surface area contributed by atoms with Crippen LogP contribution >= 0.6 is 23.2 Å². The van der Waals surface area contributed by atoms with Gasteiger partial charge in [0.05, 0.1) is 53.2 Å². The van der Waals surface area contributed by atoms with Gasteiger partial charge < -0.3 is 20.7 Å². The van der Waals surface area contributed by atoms with Crippen LogP contribution in [-0.4, -0.2) is 33.5 Å². The number of benzene rings is 1. The molecule has 2 heterocycles. The van der Waals surface area contributed by atoms with Gasteiger partial charge >= 0.3 is 6.03 Å². The van der Waals surface area contributed by atoms with Gasteiger partial charge in [-0.3, -0.25) is 0 Å². The topological polar surface area (TPSA) is 117 Å². The van der Waals surface area contributed by atoms with E-state index < -0.39 is 0 Å². The number of fused-ring (bicyclic) bond motifs is 1. The van der Waals surface area contributed by atoms with Crippen LogP contribution in [0, 0.1) is 16.7 Å². The number of hydrogen-bond acceptors (Lipinski definition) is 6. The van der Waals surface area contributed by atoms with Crippen LogP contribution in [0.4, 0.5) is 10.7 Å². The number of nitrogens with two attached hydrogens (primary N) is 1. The molecule has 8 nitrogen and oxygen atoms in total. The van der Waals surface area contributed by atoms with E-state index in [9.17, 15) is 10.1 Å². The van der Waals surface area contributed by atoms with E-state index in [2.05, 4.69) is 21.4 Å². The number of amides is 2. The minimum atomic E-state index is -0.361. The summed E-state index contributed by atoms with van der Waals surface area (Å²) < 4.78 is 6.10. The summed E-state index contributed by atoms with van der Waals surface area (Å²) in [4.78, 5) is 23.4. The van der Waals surface area contributed by atoms with Gasteiger partial charge in [-0.2, -0.15) is 5.26 Å². The number of nitrogens with zero attached hydrogens (tertiary/aromatic N) is 4. The van der Waals surface area contributed by atoms with E-state index in [4.69, 9.17) is 33.7 Å². The Kier molecular flexibility index (Phi) is 7.58. The molecule has 0 spiro atoms. The standard InChI is InChI=1S/C25H30Cl2N6O2/c1-25(2,14-28)8-3-4-9-35-20-11-15(26)10-18(27)21(20)22-17-12-33(13-19(17)31-23(29)32-22)24(34)30-16-6-5-7-16/h10-11,16H,3-9,12-13H2,1-2H3,(H,30,34)(H2,29,31,32). The first-order valence-electron chi connectivity index (χ1n) is 11.9. The van der Waals surface area contributed by atoms with Gasteiger partial charge in [-0.15, -0.1) is 0 Å². The predicted octanol–water partition coefficient (Wildman–Crippen LogP) is 5.71. The number of rotatable bonds is 8. The highest BCUT2D eigenvalue weighted by Crippen LogP contribution is 2.42. The van der Waals surface area contributed by atoms with Crippen molar-refractivity contribution >= 4 is 35.2 Å². The number of carbonyl (C=O) groups excluding carboxylic acids is 1. The molecule has 186 valence electrons. The number of unbranched alkanes of at least 4 members (excludes halogenated alkanes) is 1. The number of halogens is 2. The molecule has 1 aromatic carbocycles. The molecule has 0 atom stereocenters. The summed E-state index contributed by atoms with van der Waals surface area (Å²) in [7, 11) is 0. The molecule has 0 bridgehead atoms. The summed E-state index contributed by atoms with van der Waals surface area (Å²) in [5.41, 5.74) is 8.32. The van der Waals surface area contributed by atoms with Crippen molar-refractivity contribution in [3.8, 4) is 23.1 Å². The Labute approximate surface area is 215 Å². The fraction of sp³-hybridized carbons (Fsp3) is 0.520. The fourth-order valence-electron chi connectivity index (χ4n) is 4.24. The van der Waals surface area contributed by atoms with E-state index >= 15 is 0 Å². The highest BCUT2D eigenvalue weighted by atomic mass is 35.5. The Morgan fingerprint density at radius 3 is 2.74 bits per heavy atom. The lowest BCUT2D eigenvalue weighted by Crippen LogP contribution is -2.45. The molecule has 1 saturated carbocycles. The first-order chi connectivity index (χ1) is 16.7. The van der Waals surface area contributed by atoms with Crippen molar-refractivity contribution in [2.75, 3.05) is 12.3 Å². The highest BCUT2D eigenvalue weighted by Gasteiger charge is 2.32. The first-order valence-corrected chi connectivity index (χ1v) is 12.7. The number of anilines is 1. The summed E-state index contributed by atoms with van der Waals surface area (Å²) in [5.74, 6) is 0.607. The number of nitrogens with one attached hydrogen (secondary N) is 1. The van der Waals surface area contributed by atoms with E-state index in [-0.39, 0.29) is 23.4 Å². The van der Waals surface area contributed by atoms with Gasteiger partial charge in [-0.1, -0.05) is 23.2 Å². The molecule has 0 radical (unpaired) electrons. The van der Waals surface area contributed by atoms with Crippen molar-refractivity contribution in [3.63, 3.8) is 0 Å². The van der Waals surface area contributed by atoms with Gasteiger partial charge in [-0.05, 0) is 64.5 Å². The highest BCUT2D eigenvalue weighted by molar-refractivity contribution is 6.37. The van der Waals surface area contributed by atoms with Crippen LogP contribution in [0.5, 0.6) is 5.75 Å². The van der Waals surface area contributed by atoms with Crippen LogP contribution in [0.2, 0.25) is 10.0 Å². The SMILES string of the molecule is CC(C)(C#N)CCCCOc1cc(Cl)cc(Cl)c1-c1nc(N)nc2c1CN(C(=O)NC1CCC1)C2. The molecule has 0 unspecified atom stereocenters. The van der Waals surface area contributed by atoms with Gasteiger partial charge in [0.15, 0.2) is 0 Å². The minimum Gasteiger partial charge on any atom is -0.493 e. The molecule has 2 aromatic rings. The molecule has 1 aliphatic carbocycles. The zero-order valence-electron chi connectivity index (χ0n) is 20.0. The number of nitrogen functional groups attached to an aromatic ring is 1. The summed E-state index contributed by atoms with van der Waals surface area (Å²) in [6.45, 7) is 5.00. The number of carbonyl (C=O) groups is 1. The molecule has 2 aliphatic rings. The van der Waals surface area contributed by atoms with Crippen LogP contribution in [0.3, 0.4) is 0 Å². The molecule has 1 aliphatic heterocycles. The van der Waals surface area contributed by atoms with Gasteiger partial charge in [0.2, 0.25) is 5.95 Å². The number of ether oxygens (including phenoxy) is 1. The van der Waals surface area contributed by atoms with Crippen molar-refractivity contribution in [1.29, 1.82) is 5.26 Å². The zero-order chi connectivity index (χ0) is 25.2. The van der Waals surface area contributed by atoms with Crippen molar-refractivity contribution in [1.82, 2.24) is 20.2 Å². The van der Waals surface area contributed by atoms with Crippen LogP contribution < -0.4 is 15.8 Å². The van der Waals surface area contributed by atoms with Gasteiger partial charge in [0.1, 0.15) is 5.75 Å². The van der Waals surface area contributed by atoms with E-state index in [1.54, 1.807) is 17.0 Å². The average molecular weight is 517 g/mol. The maximum absolute atomic E-state index is 12.8. The van der Waals surface area contributed by atoms with Crippen molar-refractivity contribution in [2.24, 2.45) is 5.41 Å². The predicted molar refractivity (Wildman–Crippen MR) is 136 cm³/mol. The number of urea groups is 1. The number of hydrogen-bond donors (Lipinski definition) is 2. The largest absolute Gasteiger partial charge is 0.493 e. The third kappa shape index (κ3) is 5.91. The maximum Gasteiger partial charge on any atom is 0.318 e. The zero-order valence-corrected chi connectivity index (χ0v) is 21.5. The second-order valence-electron chi connectivity index (χ2n) is 9.85. The fourth-order valence-corrected chi connectivity index (χ4v) is 4.81. The summed E-state index contributed by atoms with van der Waals surface area (Å²) in [6, 6.07) is 5.80. The second-order valence-corrected chi connectivity index (χ2v) is 10.7. The summed E-state index contributed by atoms with van der Waals surface area (Å²) in [6.07, 6.45) is 5.58. The Morgan fingerprint density at radius 1 is 1.29 bits per heavy atom. The van der Waals surface area contributed by atoms with Gasteiger partial charge in [-0.25, -0.2) is 14.8 Å². The van der Waals surface area contributed by atoms with Crippen molar-refractivity contribution in [2.45, 2.75) is 71.5 Å². The van der Waals surface area contributed by atoms with Gasteiger partial charge in [0, 0.05) is 16.6 Å². The number of aromatic nitrogens is 2. The van der Waals surface area contributed by atoms with E-state index in [1.807, 2.05) is 13.8 Å². The van der Waals surface area contributed by atoms with Crippen molar-refractivity contribution in [3.05, 3.63) is 33.4 Å². The molecule has 2 amide bonds. The second kappa shape index (κ2) is 10.5. The molecular formula is C25H30Cl2N6O2. The van der Waals surface area contributed by atoms with E-state index in [1.165, 1.54) is 0 Å². The summed E-state index contributed by atoms with van der Waals surface area (Å²) in [5, 5.41) is 13.1. The number of nitriles is 1. The quantitative estimate of drug-likeness (QED) is 0.433. The van der Waals surface area contributed by atoms with Crippen molar-refractivity contribution < 1.29 is 9.53 Å². The third-order valence-electron chi connectivity index (χ3n) is 6.53. The lowest BCUT2D eigenvalue weighted by atomic mass is 9.89. The molecule has 10 heteroatoms. The molecule has 1 fully saturated rings. The molecule has 3 N–H and O–H groups in total. The Bertz CT molecular complexity index is 1160. The first kappa shape index (κ1) is 25.3. The lowest BCUT2D eigenvalue weighted by Gasteiger charge is -2.28. The van der Waals surface area contributed by atoms with Crippen LogP contribution in [0.25, 0.3) is 11.3 Å². The Morgan fingerprint density at radius 2 is 2.06 bits per heavy atom. The Hall–Kier alpha value is -2.76.